The molecule has 2 aromatic rings. The molecule has 0 spiro atoms. The van der Waals surface area contributed by atoms with Crippen LogP contribution in [-0.4, -0.2) is 22.5 Å². The Kier molecular flexibility index (Phi) is 5.15. The molecule has 0 aliphatic carbocycles. The molecule has 114 valence electrons. The number of anilines is 1. The smallest absolute Gasteiger partial charge is 0.145 e. The lowest BCUT2D eigenvalue weighted by Gasteiger charge is -2.29. The molecule has 0 bridgehead atoms. The van der Waals surface area contributed by atoms with Crippen molar-refractivity contribution in [2.24, 2.45) is 11.8 Å². The average molecular weight is 286 g/mol. The van der Waals surface area contributed by atoms with Crippen molar-refractivity contribution in [3.05, 3.63) is 35.9 Å². The number of aromatic nitrogens is 1. The van der Waals surface area contributed by atoms with E-state index in [0.29, 0.717) is 12.0 Å². The number of fused-ring (bicyclic) bond motifs is 1. The third kappa shape index (κ3) is 3.93. The van der Waals surface area contributed by atoms with Crippen LogP contribution in [-0.2, 0) is 6.54 Å². The van der Waals surface area contributed by atoms with Gasteiger partial charge in [0.1, 0.15) is 5.82 Å². The zero-order valence-corrected chi connectivity index (χ0v) is 13.4. The van der Waals surface area contributed by atoms with Crippen LogP contribution in [0, 0.1) is 5.92 Å². The summed E-state index contributed by atoms with van der Waals surface area (Å²) in [5.41, 5.74) is 4.86. The first-order chi connectivity index (χ1) is 10.0. The van der Waals surface area contributed by atoms with Gasteiger partial charge in [0.2, 0.25) is 0 Å². The van der Waals surface area contributed by atoms with Crippen LogP contribution >= 0.6 is 0 Å². The van der Waals surface area contributed by atoms with Crippen LogP contribution < -0.4 is 11.3 Å². The van der Waals surface area contributed by atoms with E-state index in [-0.39, 0.29) is 0 Å². The molecule has 0 radical (unpaired) electrons. The van der Waals surface area contributed by atoms with Gasteiger partial charge in [-0.15, -0.1) is 0 Å². The van der Waals surface area contributed by atoms with Crippen LogP contribution in [0.5, 0.6) is 0 Å². The SMILES string of the molecule is CC(C)CN(Cc1cc2ccccc2nc1NN)C(C)C. The van der Waals surface area contributed by atoms with Crippen LogP contribution in [0.3, 0.4) is 0 Å². The fraction of sp³-hybridized carbons (Fsp3) is 0.471. The number of para-hydroxylation sites is 1. The van der Waals surface area contributed by atoms with Gasteiger partial charge in [-0.1, -0.05) is 32.0 Å². The Labute approximate surface area is 127 Å². The summed E-state index contributed by atoms with van der Waals surface area (Å²) < 4.78 is 0. The number of pyridine rings is 1. The molecule has 1 aromatic heterocycles. The number of nitrogens with one attached hydrogen (secondary N) is 1. The number of benzene rings is 1. The quantitative estimate of drug-likeness (QED) is 0.631. The van der Waals surface area contributed by atoms with E-state index in [0.717, 1.165) is 35.4 Å². The van der Waals surface area contributed by atoms with Crippen molar-refractivity contribution in [1.82, 2.24) is 9.88 Å². The first-order valence-corrected chi connectivity index (χ1v) is 7.60. The zero-order chi connectivity index (χ0) is 15.4. The summed E-state index contributed by atoms with van der Waals surface area (Å²) in [6.07, 6.45) is 0. The fourth-order valence-electron chi connectivity index (χ4n) is 2.55. The molecule has 0 atom stereocenters. The van der Waals surface area contributed by atoms with Gasteiger partial charge in [-0.2, -0.15) is 0 Å². The fourth-order valence-corrected chi connectivity index (χ4v) is 2.55. The molecule has 0 saturated heterocycles. The third-order valence-electron chi connectivity index (χ3n) is 3.64. The monoisotopic (exact) mass is 286 g/mol. The molecule has 0 aliphatic heterocycles. The van der Waals surface area contributed by atoms with E-state index in [2.05, 4.69) is 55.1 Å². The predicted molar refractivity (Wildman–Crippen MR) is 89.9 cm³/mol. The molecule has 1 heterocycles. The van der Waals surface area contributed by atoms with E-state index in [1.807, 2.05) is 18.2 Å². The van der Waals surface area contributed by atoms with Gasteiger partial charge in [0, 0.05) is 30.1 Å². The highest BCUT2D eigenvalue weighted by Gasteiger charge is 2.15. The van der Waals surface area contributed by atoms with Crippen molar-refractivity contribution in [3.8, 4) is 0 Å². The van der Waals surface area contributed by atoms with Crippen LogP contribution in [0.15, 0.2) is 30.3 Å². The number of nitrogens with zero attached hydrogens (tertiary/aromatic N) is 2. The molecular weight excluding hydrogens is 260 g/mol. The van der Waals surface area contributed by atoms with E-state index < -0.39 is 0 Å². The Morgan fingerprint density at radius 2 is 1.90 bits per heavy atom. The second-order valence-corrected chi connectivity index (χ2v) is 6.25. The number of rotatable bonds is 6. The lowest BCUT2D eigenvalue weighted by atomic mass is 10.1. The summed E-state index contributed by atoms with van der Waals surface area (Å²) in [6.45, 7) is 10.9. The molecule has 0 amide bonds. The third-order valence-corrected chi connectivity index (χ3v) is 3.64. The summed E-state index contributed by atoms with van der Waals surface area (Å²) in [5, 5.41) is 1.15. The molecule has 0 saturated carbocycles. The van der Waals surface area contributed by atoms with E-state index in [4.69, 9.17) is 5.84 Å². The topological polar surface area (TPSA) is 54.2 Å². The minimum atomic E-state index is 0.490. The summed E-state index contributed by atoms with van der Waals surface area (Å²) >= 11 is 0. The molecular formula is C17H26N4. The Bertz CT molecular complexity index is 592. The van der Waals surface area contributed by atoms with Gasteiger partial charge in [0.25, 0.3) is 0 Å². The predicted octanol–water partition coefficient (Wildman–Crippen LogP) is 3.39. The highest BCUT2D eigenvalue weighted by Crippen LogP contribution is 2.22. The molecule has 1 aromatic carbocycles. The van der Waals surface area contributed by atoms with E-state index in [1.54, 1.807) is 0 Å². The standard InChI is InChI=1S/C17H26N4/c1-12(2)10-21(13(3)4)11-15-9-14-7-5-6-8-16(14)19-17(15)20-18/h5-9,12-13H,10-11,18H2,1-4H3,(H,19,20). The Balaban J connectivity index is 2.34. The lowest BCUT2D eigenvalue weighted by molar-refractivity contribution is 0.189. The summed E-state index contributed by atoms with van der Waals surface area (Å²) in [5.74, 6) is 7.06. The minimum absolute atomic E-state index is 0.490. The Hall–Kier alpha value is -1.65. The molecule has 0 unspecified atom stereocenters. The summed E-state index contributed by atoms with van der Waals surface area (Å²) in [6, 6.07) is 10.8. The van der Waals surface area contributed by atoms with Crippen molar-refractivity contribution in [3.63, 3.8) is 0 Å². The molecule has 0 fully saturated rings. The van der Waals surface area contributed by atoms with Crippen molar-refractivity contribution >= 4 is 16.7 Å². The van der Waals surface area contributed by atoms with Gasteiger partial charge < -0.3 is 5.43 Å². The first-order valence-electron chi connectivity index (χ1n) is 7.60. The van der Waals surface area contributed by atoms with Gasteiger partial charge >= 0.3 is 0 Å². The van der Waals surface area contributed by atoms with Gasteiger partial charge in [-0.3, -0.25) is 4.90 Å². The van der Waals surface area contributed by atoms with Crippen LogP contribution in [0.2, 0.25) is 0 Å². The van der Waals surface area contributed by atoms with Crippen LogP contribution in [0.4, 0.5) is 5.82 Å². The normalized spacial score (nSPS) is 11.8. The largest absolute Gasteiger partial charge is 0.308 e. The van der Waals surface area contributed by atoms with E-state index in [1.165, 1.54) is 0 Å². The number of nitrogens with two attached hydrogens (primary N) is 1. The molecule has 0 aliphatic rings. The zero-order valence-electron chi connectivity index (χ0n) is 13.4. The van der Waals surface area contributed by atoms with Crippen LogP contribution in [0.25, 0.3) is 10.9 Å². The van der Waals surface area contributed by atoms with Crippen molar-refractivity contribution in [2.75, 3.05) is 12.0 Å². The molecule has 3 N–H and O–H groups in total. The van der Waals surface area contributed by atoms with Gasteiger partial charge in [-0.25, -0.2) is 10.8 Å². The Morgan fingerprint density at radius 3 is 2.52 bits per heavy atom. The van der Waals surface area contributed by atoms with Crippen molar-refractivity contribution in [2.45, 2.75) is 40.3 Å². The summed E-state index contributed by atoms with van der Waals surface area (Å²) in [7, 11) is 0. The average Bonchev–Trinajstić information content (AvgIpc) is 2.45. The summed E-state index contributed by atoms with van der Waals surface area (Å²) in [4.78, 5) is 7.08. The molecule has 4 heteroatoms. The highest BCUT2D eigenvalue weighted by atomic mass is 15.3. The van der Waals surface area contributed by atoms with E-state index >= 15 is 0 Å². The second-order valence-electron chi connectivity index (χ2n) is 6.25. The second kappa shape index (κ2) is 6.87. The molecule has 2 rings (SSSR count). The highest BCUT2D eigenvalue weighted by molar-refractivity contribution is 5.81. The maximum Gasteiger partial charge on any atom is 0.145 e. The number of nitrogen functional groups attached to an aromatic ring is 1. The minimum Gasteiger partial charge on any atom is -0.308 e. The molecule has 4 nitrogen and oxygen atoms in total. The maximum atomic E-state index is 5.66. The first kappa shape index (κ1) is 15.7. The molecule has 21 heavy (non-hydrogen) atoms. The number of hydrogen-bond acceptors (Lipinski definition) is 4. The van der Waals surface area contributed by atoms with Crippen molar-refractivity contribution < 1.29 is 0 Å². The van der Waals surface area contributed by atoms with E-state index in [9.17, 15) is 0 Å². The lowest BCUT2D eigenvalue weighted by Crippen LogP contribution is -2.34. The number of hydrogen-bond donors (Lipinski definition) is 2. The Morgan fingerprint density at radius 1 is 1.19 bits per heavy atom. The van der Waals surface area contributed by atoms with Gasteiger partial charge in [0.15, 0.2) is 0 Å². The van der Waals surface area contributed by atoms with Gasteiger partial charge in [-0.05, 0) is 31.9 Å². The van der Waals surface area contributed by atoms with Gasteiger partial charge in [0.05, 0.1) is 5.52 Å². The number of hydrazine groups is 1. The van der Waals surface area contributed by atoms with Crippen molar-refractivity contribution in [1.29, 1.82) is 0 Å². The maximum absolute atomic E-state index is 5.66. The van der Waals surface area contributed by atoms with Crippen LogP contribution in [0.1, 0.15) is 33.3 Å².